The second-order valence-electron chi connectivity index (χ2n) is 25.1. The summed E-state index contributed by atoms with van der Waals surface area (Å²) in [5.41, 5.74) is 2.13. The first-order valence-corrected chi connectivity index (χ1v) is 26.0. The molecule has 0 spiro atoms. The van der Waals surface area contributed by atoms with Gasteiger partial charge < -0.3 is 19.7 Å². The summed E-state index contributed by atoms with van der Waals surface area (Å²) in [5.74, 6) is 6.41. The molecular weight excluding hydrogens is 745 g/mol. The molecule has 8 aliphatic carbocycles. The maximum atomic E-state index is 13.3. The van der Waals surface area contributed by atoms with Gasteiger partial charge in [-0.15, -0.1) is 0 Å². The topological polar surface area (TPSA) is 93.1 Å². The Labute approximate surface area is 366 Å². The molecule has 0 aromatic carbocycles. The van der Waals surface area contributed by atoms with E-state index in [0.717, 1.165) is 62.2 Å². The lowest BCUT2D eigenvalue weighted by Crippen LogP contribution is -2.60. The first-order valence-electron chi connectivity index (χ1n) is 26.0. The highest BCUT2D eigenvalue weighted by atomic mass is 16.6. The highest BCUT2D eigenvalue weighted by Crippen LogP contribution is 2.75. The van der Waals surface area contributed by atoms with Crippen LogP contribution in [0, 0.1) is 91.7 Å². The zero-order chi connectivity index (χ0) is 43.0. The van der Waals surface area contributed by atoms with Crippen LogP contribution in [0.2, 0.25) is 0 Å². The van der Waals surface area contributed by atoms with E-state index < -0.39 is 0 Å². The van der Waals surface area contributed by atoms with E-state index in [4.69, 9.17) is 9.47 Å². The third kappa shape index (κ3) is 7.30. The van der Waals surface area contributed by atoms with Gasteiger partial charge in [-0.2, -0.15) is 0 Å². The number of hydrogen-bond donors (Lipinski definition) is 2. The van der Waals surface area contributed by atoms with Crippen LogP contribution >= 0.6 is 0 Å². The lowest BCUT2D eigenvalue weighted by atomic mass is 9.38. The monoisotopic (exact) mass is 835 g/mol. The molecule has 8 fully saturated rings. The minimum Gasteiger partial charge on any atom is -0.462 e. The predicted octanol–water partition coefficient (Wildman–Crippen LogP) is 12.5. The smallest absolute Gasteiger partial charge is 0.306 e. The SMILES string of the molecule is CCC(COC(=O)CC[C@@H](C)[C@H]1CC[C@H]2C3CCC4C[C@H](O)CC[C@]4(C)[C@@]3(C)CC[C@]12C)OC(=O)CC[C@@H](C)[C@H]1CC[C@H]2C3CCC4C[C@H](O)CC[C@]4(C)[C@@]3(C)CC[C@]12C. The third-order valence-electron chi connectivity index (χ3n) is 23.3. The first-order chi connectivity index (χ1) is 28.3. The number of ether oxygens (including phenoxy) is 2. The lowest BCUT2D eigenvalue weighted by molar-refractivity contribution is -0.186. The molecule has 5 unspecified atom stereocenters. The molecule has 0 aromatic heterocycles. The maximum absolute atomic E-state index is 13.3. The molecule has 0 bridgehead atoms. The van der Waals surface area contributed by atoms with Crippen molar-refractivity contribution >= 4 is 11.9 Å². The summed E-state index contributed by atoms with van der Waals surface area (Å²) in [6.07, 6.45) is 24.7. The van der Waals surface area contributed by atoms with E-state index in [2.05, 4.69) is 55.4 Å². The summed E-state index contributed by atoms with van der Waals surface area (Å²) in [5, 5.41) is 21.1. The van der Waals surface area contributed by atoms with E-state index in [1.54, 1.807) is 0 Å². The van der Waals surface area contributed by atoms with Crippen molar-refractivity contribution in [2.24, 2.45) is 91.7 Å². The quantitative estimate of drug-likeness (QED) is 0.190. The Balaban J connectivity index is 0.774. The lowest BCUT2D eigenvalue weighted by Gasteiger charge is -2.67. The Morgan fingerprint density at radius 2 is 0.983 bits per heavy atom. The van der Waals surface area contributed by atoms with Crippen LogP contribution in [0.5, 0.6) is 0 Å². The van der Waals surface area contributed by atoms with Crippen molar-refractivity contribution in [3.05, 3.63) is 0 Å². The number of fused-ring (bicyclic) bond motifs is 10. The summed E-state index contributed by atoms with van der Waals surface area (Å²) < 4.78 is 11.8. The molecule has 2 N–H and O–H groups in total. The molecule has 8 aliphatic rings. The highest BCUT2D eigenvalue weighted by Gasteiger charge is 2.67. The fraction of sp³-hybridized carbons (Fsp3) is 0.963. The first kappa shape index (κ1) is 45.4. The van der Waals surface area contributed by atoms with Gasteiger partial charge in [-0.1, -0.05) is 62.3 Å². The number of aliphatic hydroxyl groups is 2. The van der Waals surface area contributed by atoms with Gasteiger partial charge >= 0.3 is 11.9 Å². The zero-order valence-corrected chi connectivity index (χ0v) is 40.0. The highest BCUT2D eigenvalue weighted by molar-refractivity contribution is 5.70. The average molecular weight is 835 g/mol. The molecular formula is C54H90O6. The van der Waals surface area contributed by atoms with Crippen LogP contribution in [0.15, 0.2) is 0 Å². The summed E-state index contributed by atoms with van der Waals surface area (Å²) in [6, 6.07) is 0. The molecule has 19 atom stereocenters. The van der Waals surface area contributed by atoms with Crippen molar-refractivity contribution in [3.8, 4) is 0 Å². The Bertz CT molecular complexity index is 1560. The Kier molecular flexibility index (Phi) is 12.6. The van der Waals surface area contributed by atoms with E-state index in [1.165, 1.54) is 89.9 Å². The Morgan fingerprint density at radius 1 is 0.550 bits per heavy atom. The predicted molar refractivity (Wildman–Crippen MR) is 240 cm³/mol. The molecule has 8 rings (SSSR count). The van der Waals surface area contributed by atoms with Crippen LogP contribution in [-0.2, 0) is 19.1 Å². The standard InChI is InChI=1S/C54H90O6/c1-10-40(60-48(58)22-12-35(3)42-18-20-44-46-16-14-37-32-39(56)24-26-52(37,7)54(46,9)30-28-50(42,44)5)33-59-47(57)21-11-34(2)41-17-19-43-45-15-13-36-31-38(55)23-25-51(36,6)53(45,8)29-27-49(41,43)4/h34-46,55-56H,10-33H2,1-9H3/t34-,35-,36?,37?,38-,39-,40?,41-,42-,43+,44+,45?,46?,49-,50-,51+,52+,53+,54+/m1/s1. The molecule has 8 saturated carbocycles. The minimum atomic E-state index is -0.383. The van der Waals surface area contributed by atoms with Gasteiger partial charge in [0.2, 0.25) is 0 Å². The fourth-order valence-electron chi connectivity index (χ4n) is 19.0. The Hall–Kier alpha value is -1.14. The number of carbonyl (C=O) groups is 2. The van der Waals surface area contributed by atoms with E-state index in [-0.39, 0.29) is 36.9 Å². The second-order valence-corrected chi connectivity index (χ2v) is 25.1. The van der Waals surface area contributed by atoms with E-state index in [0.29, 0.717) is 87.3 Å². The van der Waals surface area contributed by atoms with Gasteiger partial charge in [-0.05, 0) is 227 Å². The summed E-state index contributed by atoms with van der Waals surface area (Å²) in [7, 11) is 0. The van der Waals surface area contributed by atoms with Crippen LogP contribution < -0.4 is 0 Å². The van der Waals surface area contributed by atoms with Gasteiger partial charge in [0.15, 0.2) is 0 Å². The van der Waals surface area contributed by atoms with Gasteiger partial charge in [0.05, 0.1) is 12.2 Å². The van der Waals surface area contributed by atoms with Gasteiger partial charge in [0, 0.05) is 12.8 Å². The third-order valence-corrected chi connectivity index (χ3v) is 23.3. The van der Waals surface area contributed by atoms with E-state index in [9.17, 15) is 19.8 Å². The van der Waals surface area contributed by atoms with Crippen LogP contribution in [0.25, 0.3) is 0 Å². The summed E-state index contributed by atoms with van der Waals surface area (Å²) >= 11 is 0. The van der Waals surface area contributed by atoms with Gasteiger partial charge in [0.1, 0.15) is 12.7 Å². The normalized spacial score (nSPS) is 49.8. The second kappa shape index (κ2) is 16.7. The average Bonchev–Trinajstić information content (AvgIpc) is 3.75. The molecule has 0 radical (unpaired) electrons. The molecule has 60 heavy (non-hydrogen) atoms. The minimum absolute atomic E-state index is 0.0980. The fourth-order valence-corrected chi connectivity index (χ4v) is 19.0. The summed E-state index contributed by atoms with van der Waals surface area (Å²) in [6.45, 7) is 22.6. The van der Waals surface area contributed by atoms with Gasteiger partial charge in [0.25, 0.3) is 0 Å². The molecule has 342 valence electrons. The van der Waals surface area contributed by atoms with E-state index >= 15 is 0 Å². The van der Waals surface area contributed by atoms with Gasteiger partial charge in [-0.3, -0.25) is 9.59 Å². The van der Waals surface area contributed by atoms with Crippen molar-refractivity contribution in [2.45, 2.75) is 228 Å². The molecule has 0 aliphatic heterocycles. The number of hydrogen-bond acceptors (Lipinski definition) is 6. The molecule has 0 amide bonds. The molecule has 0 aromatic rings. The van der Waals surface area contributed by atoms with Crippen LogP contribution in [0.4, 0.5) is 0 Å². The molecule has 6 nitrogen and oxygen atoms in total. The van der Waals surface area contributed by atoms with Crippen molar-refractivity contribution in [3.63, 3.8) is 0 Å². The summed E-state index contributed by atoms with van der Waals surface area (Å²) in [4.78, 5) is 26.5. The number of esters is 2. The number of aliphatic hydroxyl groups excluding tert-OH is 2. The van der Waals surface area contributed by atoms with Crippen LogP contribution in [0.3, 0.4) is 0 Å². The number of carbonyl (C=O) groups excluding carboxylic acids is 2. The van der Waals surface area contributed by atoms with Crippen LogP contribution in [-0.4, -0.2) is 47.1 Å². The van der Waals surface area contributed by atoms with Gasteiger partial charge in [-0.25, -0.2) is 0 Å². The van der Waals surface area contributed by atoms with Crippen LogP contribution in [0.1, 0.15) is 210 Å². The van der Waals surface area contributed by atoms with Crippen molar-refractivity contribution in [2.75, 3.05) is 6.61 Å². The Morgan fingerprint density at radius 3 is 1.43 bits per heavy atom. The molecule has 6 heteroatoms. The maximum Gasteiger partial charge on any atom is 0.306 e. The van der Waals surface area contributed by atoms with Crippen molar-refractivity contribution in [1.29, 1.82) is 0 Å². The molecule has 0 heterocycles. The van der Waals surface area contributed by atoms with Crippen molar-refractivity contribution in [1.82, 2.24) is 0 Å². The largest absolute Gasteiger partial charge is 0.462 e. The van der Waals surface area contributed by atoms with E-state index in [1.807, 2.05) is 6.92 Å². The van der Waals surface area contributed by atoms with Crippen molar-refractivity contribution < 1.29 is 29.3 Å². The number of rotatable bonds is 12. The zero-order valence-electron chi connectivity index (χ0n) is 40.0. The molecule has 0 saturated heterocycles.